The molecule has 1 heterocycles. The number of carbonyl (C=O) groups is 1. The van der Waals surface area contributed by atoms with Gasteiger partial charge >= 0.3 is 0 Å². The number of halogens is 1. The molecule has 0 saturated carbocycles. The summed E-state index contributed by atoms with van der Waals surface area (Å²) in [5.74, 6) is -0.0213. The highest BCUT2D eigenvalue weighted by Gasteiger charge is 2.30. The molecule has 2 aromatic carbocycles. The summed E-state index contributed by atoms with van der Waals surface area (Å²) in [6, 6.07) is 15.2. The van der Waals surface area contributed by atoms with E-state index in [4.69, 9.17) is 0 Å². The molecule has 1 aliphatic rings. The fourth-order valence-electron chi connectivity index (χ4n) is 2.08. The van der Waals surface area contributed by atoms with Gasteiger partial charge in [-0.15, -0.1) is 0 Å². The van der Waals surface area contributed by atoms with Crippen LogP contribution in [0.4, 0.5) is 11.4 Å². The van der Waals surface area contributed by atoms with Crippen LogP contribution in [0.1, 0.15) is 11.6 Å². The first kappa shape index (κ1) is 11.3. The van der Waals surface area contributed by atoms with Crippen molar-refractivity contribution < 1.29 is 4.79 Å². The molecule has 0 aromatic heterocycles. The molecule has 0 saturated heterocycles. The second-order valence-corrected chi connectivity index (χ2v) is 5.08. The minimum atomic E-state index is -0.333. The Labute approximate surface area is 113 Å². The standard InChI is InChI=1S/C14H11BrN2O/c15-9-6-7-12-11(8-9)13(14(18)17-12)16-10-4-2-1-3-5-10/h1-8,13,16H,(H,17,18). The lowest BCUT2D eigenvalue weighted by Crippen LogP contribution is -2.19. The highest BCUT2D eigenvalue weighted by Crippen LogP contribution is 2.34. The van der Waals surface area contributed by atoms with Crippen LogP contribution in [-0.2, 0) is 4.79 Å². The molecule has 1 aliphatic heterocycles. The first-order valence-corrected chi connectivity index (χ1v) is 6.45. The Hall–Kier alpha value is -1.81. The number of fused-ring (bicyclic) bond motifs is 1. The summed E-state index contributed by atoms with van der Waals surface area (Å²) in [5.41, 5.74) is 2.78. The van der Waals surface area contributed by atoms with Gasteiger partial charge in [-0.1, -0.05) is 34.1 Å². The smallest absolute Gasteiger partial charge is 0.251 e. The third-order valence-corrected chi connectivity index (χ3v) is 3.42. The Kier molecular flexibility index (Phi) is 2.80. The zero-order valence-corrected chi connectivity index (χ0v) is 11.1. The van der Waals surface area contributed by atoms with Crippen molar-refractivity contribution in [1.29, 1.82) is 0 Å². The molecule has 3 rings (SSSR count). The van der Waals surface area contributed by atoms with Crippen LogP contribution in [0.2, 0.25) is 0 Å². The van der Waals surface area contributed by atoms with E-state index in [9.17, 15) is 4.79 Å². The van der Waals surface area contributed by atoms with Crippen LogP contribution in [0.3, 0.4) is 0 Å². The molecule has 1 amide bonds. The lowest BCUT2D eigenvalue weighted by Gasteiger charge is -2.12. The number of benzene rings is 2. The van der Waals surface area contributed by atoms with Crippen LogP contribution in [0, 0.1) is 0 Å². The number of hydrogen-bond donors (Lipinski definition) is 2. The molecule has 0 spiro atoms. The SMILES string of the molecule is O=C1Nc2ccc(Br)cc2C1Nc1ccccc1. The molecule has 1 unspecified atom stereocenters. The van der Waals surface area contributed by atoms with Crippen LogP contribution in [0.25, 0.3) is 0 Å². The lowest BCUT2D eigenvalue weighted by molar-refractivity contribution is -0.116. The largest absolute Gasteiger partial charge is 0.370 e. The number of anilines is 2. The summed E-state index contributed by atoms with van der Waals surface area (Å²) in [4.78, 5) is 12.0. The summed E-state index contributed by atoms with van der Waals surface area (Å²) in [7, 11) is 0. The molecule has 0 bridgehead atoms. The predicted molar refractivity (Wildman–Crippen MR) is 75.6 cm³/mol. The van der Waals surface area contributed by atoms with Gasteiger partial charge in [0.2, 0.25) is 0 Å². The molecule has 0 radical (unpaired) electrons. The minimum Gasteiger partial charge on any atom is -0.370 e. The number of rotatable bonds is 2. The van der Waals surface area contributed by atoms with E-state index in [1.165, 1.54) is 0 Å². The maximum Gasteiger partial charge on any atom is 0.251 e. The highest BCUT2D eigenvalue weighted by atomic mass is 79.9. The summed E-state index contributed by atoms with van der Waals surface area (Å²) < 4.78 is 0.970. The maximum atomic E-state index is 12.0. The van der Waals surface area contributed by atoms with Crippen molar-refractivity contribution in [3.05, 3.63) is 58.6 Å². The van der Waals surface area contributed by atoms with E-state index >= 15 is 0 Å². The molecule has 0 aliphatic carbocycles. The van der Waals surface area contributed by atoms with E-state index in [2.05, 4.69) is 26.6 Å². The van der Waals surface area contributed by atoms with Crippen LogP contribution < -0.4 is 10.6 Å². The molecule has 2 aromatic rings. The minimum absolute atomic E-state index is 0.0213. The lowest BCUT2D eigenvalue weighted by atomic mass is 10.1. The molecule has 18 heavy (non-hydrogen) atoms. The number of hydrogen-bond acceptors (Lipinski definition) is 2. The third-order valence-electron chi connectivity index (χ3n) is 2.93. The quantitative estimate of drug-likeness (QED) is 0.890. The van der Waals surface area contributed by atoms with Gasteiger partial charge in [-0.25, -0.2) is 0 Å². The fourth-order valence-corrected chi connectivity index (χ4v) is 2.46. The molecular weight excluding hydrogens is 292 g/mol. The van der Waals surface area contributed by atoms with Gasteiger partial charge in [0.25, 0.3) is 5.91 Å². The van der Waals surface area contributed by atoms with Gasteiger partial charge in [0.1, 0.15) is 6.04 Å². The first-order chi connectivity index (χ1) is 8.74. The van der Waals surface area contributed by atoms with Crippen molar-refractivity contribution in [3.63, 3.8) is 0 Å². The summed E-state index contributed by atoms with van der Waals surface area (Å²) >= 11 is 3.43. The Balaban J connectivity index is 1.94. The van der Waals surface area contributed by atoms with Crippen LogP contribution in [0.15, 0.2) is 53.0 Å². The highest BCUT2D eigenvalue weighted by molar-refractivity contribution is 9.10. The molecule has 1 atom stereocenters. The van der Waals surface area contributed by atoms with E-state index in [0.29, 0.717) is 0 Å². The predicted octanol–water partition coefficient (Wildman–Crippen LogP) is 3.55. The normalized spacial score (nSPS) is 17.2. The number of amides is 1. The zero-order valence-electron chi connectivity index (χ0n) is 9.48. The van der Waals surface area contributed by atoms with Gasteiger partial charge in [-0.2, -0.15) is 0 Å². The average Bonchev–Trinajstić information content (AvgIpc) is 2.67. The molecule has 90 valence electrons. The number of nitrogens with one attached hydrogen (secondary N) is 2. The Morgan fingerprint density at radius 1 is 1.11 bits per heavy atom. The van der Waals surface area contributed by atoms with Gasteiger partial charge in [0.05, 0.1) is 0 Å². The van der Waals surface area contributed by atoms with E-state index < -0.39 is 0 Å². The van der Waals surface area contributed by atoms with Gasteiger partial charge < -0.3 is 10.6 Å². The fraction of sp³-hybridized carbons (Fsp3) is 0.0714. The monoisotopic (exact) mass is 302 g/mol. The molecule has 0 fully saturated rings. The van der Waals surface area contributed by atoms with Crippen molar-refractivity contribution >= 4 is 33.2 Å². The third kappa shape index (κ3) is 1.99. The first-order valence-electron chi connectivity index (χ1n) is 5.66. The second-order valence-electron chi connectivity index (χ2n) is 4.16. The molecular formula is C14H11BrN2O. The van der Waals surface area contributed by atoms with Gasteiger partial charge in [0, 0.05) is 21.4 Å². The molecule has 2 N–H and O–H groups in total. The molecule has 3 nitrogen and oxygen atoms in total. The summed E-state index contributed by atoms with van der Waals surface area (Å²) in [6.45, 7) is 0. The van der Waals surface area contributed by atoms with Gasteiger partial charge in [-0.05, 0) is 30.3 Å². The van der Waals surface area contributed by atoms with E-state index in [1.54, 1.807) is 0 Å². The van der Waals surface area contributed by atoms with Crippen LogP contribution in [0.5, 0.6) is 0 Å². The van der Waals surface area contributed by atoms with Crippen molar-refractivity contribution in [1.82, 2.24) is 0 Å². The molecule has 4 heteroatoms. The average molecular weight is 303 g/mol. The van der Waals surface area contributed by atoms with Crippen molar-refractivity contribution in [3.8, 4) is 0 Å². The summed E-state index contributed by atoms with van der Waals surface area (Å²) in [6.07, 6.45) is 0. The van der Waals surface area contributed by atoms with Crippen molar-refractivity contribution in [2.75, 3.05) is 10.6 Å². The summed E-state index contributed by atoms with van der Waals surface area (Å²) in [5, 5.41) is 6.11. The van der Waals surface area contributed by atoms with Gasteiger partial charge in [-0.3, -0.25) is 4.79 Å². The topological polar surface area (TPSA) is 41.1 Å². The van der Waals surface area contributed by atoms with Crippen LogP contribution >= 0.6 is 15.9 Å². The van der Waals surface area contributed by atoms with E-state index in [1.807, 2.05) is 48.5 Å². The zero-order chi connectivity index (χ0) is 12.5. The van der Waals surface area contributed by atoms with Gasteiger partial charge in [0.15, 0.2) is 0 Å². The number of carbonyl (C=O) groups excluding carboxylic acids is 1. The maximum absolute atomic E-state index is 12.0. The van der Waals surface area contributed by atoms with Crippen molar-refractivity contribution in [2.24, 2.45) is 0 Å². The van der Waals surface area contributed by atoms with E-state index in [0.717, 1.165) is 21.4 Å². The second kappa shape index (κ2) is 4.46. The van der Waals surface area contributed by atoms with Crippen LogP contribution in [-0.4, -0.2) is 5.91 Å². The number of para-hydroxylation sites is 1. The van der Waals surface area contributed by atoms with Crippen molar-refractivity contribution in [2.45, 2.75) is 6.04 Å². The van der Waals surface area contributed by atoms with E-state index in [-0.39, 0.29) is 11.9 Å². The Bertz CT molecular complexity index is 598. The Morgan fingerprint density at radius 2 is 1.89 bits per heavy atom. The Morgan fingerprint density at radius 3 is 2.67 bits per heavy atom.